The molecule has 1 heterocycles. The van der Waals surface area contributed by atoms with Gasteiger partial charge in [0.15, 0.2) is 0 Å². The van der Waals surface area contributed by atoms with E-state index in [1.807, 2.05) is 11.8 Å². The number of anilines is 1. The fourth-order valence-corrected chi connectivity index (χ4v) is 4.31. The summed E-state index contributed by atoms with van der Waals surface area (Å²) in [5, 5.41) is 4.40. The van der Waals surface area contributed by atoms with E-state index in [1.165, 1.54) is 33.0 Å². The minimum Gasteiger partial charge on any atom is -0.369 e. The third-order valence-corrected chi connectivity index (χ3v) is 6.05. The molecule has 0 radical (unpaired) electrons. The second-order valence-electron chi connectivity index (χ2n) is 5.89. The molecule has 1 aliphatic rings. The normalized spacial score (nSPS) is 15.5. The standard InChI is InChI=1S/C19H23BrN2S/c1-15-13-16(14-20)7-8-18(15)23-19-6-3-2-5-17(19)22-11-4-9-21-10-12-22/h2-3,5-8,13,21H,4,9-12,14H2,1H3. The molecular formula is C19H23BrN2S. The van der Waals surface area contributed by atoms with Gasteiger partial charge in [-0.1, -0.05) is 52.0 Å². The number of halogens is 1. The SMILES string of the molecule is Cc1cc(CBr)ccc1Sc1ccccc1N1CCCNCC1. The molecule has 0 amide bonds. The van der Waals surface area contributed by atoms with Crippen molar-refractivity contribution in [3.05, 3.63) is 53.6 Å². The van der Waals surface area contributed by atoms with Crippen molar-refractivity contribution in [3.63, 3.8) is 0 Å². The molecule has 1 aliphatic heterocycles. The Balaban J connectivity index is 1.85. The summed E-state index contributed by atoms with van der Waals surface area (Å²) >= 11 is 5.42. The lowest BCUT2D eigenvalue weighted by molar-refractivity contribution is 0.724. The van der Waals surface area contributed by atoms with Crippen LogP contribution in [0.15, 0.2) is 52.3 Å². The summed E-state index contributed by atoms with van der Waals surface area (Å²) in [5.41, 5.74) is 4.04. The van der Waals surface area contributed by atoms with Crippen LogP contribution in [0.25, 0.3) is 0 Å². The largest absolute Gasteiger partial charge is 0.369 e. The summed E-state index contributed by atoms with van der Waals surface area (Å²) in [6.07, 6.45) is 1.21. The Morgan fingerprint density at radius 3 is 2.78 bits per heavy atom. The van der Waals surface area contributed by atoms with E-state index in [0.717, 1.165) is 31.5 Å². The maximum absolute atomic E-state index is 3.53. The van der Waals surface area contributed by atoms with Gasteiger partial charge < -0.3 is 10.2 Å². The highest BCUT2D eigenvalue weighted by molar-refractivity contribution is 9.08. The van der Waals surface area contributed by atoms with E-state index >= 15 is 0 Å². The molecule has 1 saturated heterocycles. The zero-order chi connectivity index (χ0) is 16.1. The van der Waals surface area contributed by atoms with Crippen molar-refractivity contribution in [1.29, 1.82) is 0 Å². The van der Waals surface area contributed by atoms with Crippen LogP contribution in [0.4, 0.5) is 5.69 Å². The third kappa shape index (κ3) is 4.31. The fraction of sp³-hybridized carbons (Fsp3) is 0.368. The molecule has 2 aromatic carbocycles. The predicted octanol–water partition coefficient (Wildman–Crippen LogP) is 4.84. The molecule has 2 aromatic rings. The monoisotopic (exact) mass is 390 g/mol. The lowest BCUT2D eigenvalue weighted by Crippen LogP contribution is -2.28. The van der Waals surface area contributed by atoms with Gasteiger partial charge in [0.25, 0.3) is 0 Å². The van der Waals surface area contributed by atoms with E-state index in [1.54, 1.807) is 0 Å². The van der Waals surface area contributed by atoms with Crippen molar-refractivity contribution >= 4 is 33.4 Å². The minimum absolute atomic E-state index is 0.913. The van der Waals surface area contributed by atoms with Gasteiger partial charge in [0.2, 0.25) is 0 Å². The van der Waals surface area contributed by atoms with Crippen LogP contribution >= 0.6 is 27.7 Å². The molecule has 23 heavy (non-hydrogen) atoms. The van der Waals surface area contributed by atoms with Crippen LogP contribution in [0.3, 0.4) is 0 Å². The van der Waals surface area contributed by atoms with Gasteiger partial charge in [0.05, 0.1) is 5.69 Å². The summed E-state index contributed by atoms with van der Waals surface area (Å²) in [4.78, 5) is 5.21. The molecule has 4 heteroatoms. The molecule has 0 saturated carbocycles. The van der Waals surface area contributed by atoms with Gasteiger partial charge in [-0.25, -0.2) is 0 Å². The maximum Gasteiger partial charge on any atom is 0.0508 e. The zero-order valence-corrected chi connectivity index (χ0v) is 15.9. The predicted molar refractivity (Wildman–Crippen MR) is 104 cm³/mol. The molecule has 0 aromatic heterocycles. The van der Waals surface area contributed by atoms with Gasteiger partial charge in [0, 0.05) is 34.8 Å². The summed E-state index contributed by atoms with van der Waals surface area (Å²) in [6.45, 7) is 6.61. The number of rotatable bonds is 4. The highest BCUT2D eigenvalue weighted by atomic mass is 79.9. The van der Waals surface area contributed by atoms with E-state index in [0.29, 0.717) is 0 Å². The molecule has 0 bridgehead atoms. The van der Waals surface area contributed by atoms with Crippen LogP contribution in [0, 0.1) is 6.92 Å². The number of hydrogen-bond donors (Lipinski definition) is 1. The Kier molecular flexibility index (Phi) is 6.03. The van der Waals surface area contributed by atoms with E-state index in [2.05, 4.69) is 75.5 Å². The highest BCUT2D eigenvalue weighted by Gasteiger charge is 2.14. The van der Waals surface area contributed by atoms with Crippen molar-refractivity contribution < 1.29 is 0 Å². The first-order valence-electron chi connectivity index (χ1n) is 8.16. The lowest BCUT2D eigenvalue weighted by Gasteiger charge is -2.25. The maximum atomic E-state index is 3.53. The molecule has 0 spiro atoms. The summed E-state index contributed by atoms with van der Waals surface area (Å²) in [7, 11) is 0. The van der Waals surface area contributed by atoms with Crippen LogP contribution in [0.5, 0.6) is 0 Å². The van der Waals surface area contributed by atoms with Gasteiger partial charge in [-0.15, -0.1) is 0 Å². The van der Waals surface area contributed by atoms with Gasteiger partial charge in [-0.2, -0.15) is 0 Å². The number of para-hydroxylation sites is 1. The van der Waals surface area contributed by atoms with Crippen molar-refractivity contribution in [2.45, 2.75) is 28.5 Å². The van der Waals surface area contributed by atoms with E-state index in [9.17, 15) is 0 Å². The Morgan fingerprint density at radius 2 is 1.96 bits per heavy atom. The summed E-state index contributed by atoms with van der Waals surface area (Å²) in [5.74, 6) is 0. The number of alkyl halides is 1. The highest BCUT2D eigenvalue weighted by Crippen LogP contribution is 2.37. The van der Waals surface area contributed by atoms with Crippen molar-refractivity contribution in [2.24, 2.45) is 0 Å². The molecule has 0 atom stereocenters. The van der Waals surface area contributed by atoms with Gasteiger partial charge >= 0.3 is 0 Å². The topological polar surface area (TPSA) is 15.3 Å². The first-order chi connectivity index (χ1) is 11.3. The fourth-order valence-electron chi connectivity index (χ4n) is 2.92. The number of hydrogen-bond acceptors (Lipinski definition) is 3. The molecule has 3 rings (SSSR count). The average Bonchev–Trinajstić information content (AvgIpc) is 2.86. The summed E-state index contributed by atoms with van der Waals surface area (Å²) in [6, 6.07) is 15.5. The van der Waals surface area contributed by atoms with Gasteiger partial charge in [-0.3, -0.25) is 0 Å². The van der Waals surface area contributed by atoms with Crippen LogP contribution in [-0.2, 0) is 5.33 Å². The van der Waals surface area contributed by atoms with Gasteiger partial charge in [-0.05, 0) is 49.2 Å². The molecule has 0 unspecified atom stereocenters. The van der Waals surface area contributed by atoms with E-state index in [-0.39, 0.29) is 0 Å². The van der Waals surface area contributed by atoms with E-state index in [4.69, 9.17) is 0 Å². The van der Waals surface area contributed by atoms with E-state index < -0.39 is 0 Å². The average molecular weight is 391 g/mol. The Bertz CT molecular complexity index is 652. The number of nitrogens with zero attached hydrogens (tertiary/aromatic N) is 1. The number of aryl methyl sites for hydroxylation is 1. The van der Waals surface area contributed by atoms with Crippen molar-refractivity contribution in [1.82, 2.24) is 5.32 Å². The quantitative estimate of drug-likeness (QED) is 0.751. The number of benzene rings is 2. The van der Waals surface area contributed by atoms with Crippen molar-refractivity contribution in [2.75, 3.05) is 31.1 Å². The Hall–Kier alpha value is -0.970. The molecule has 1 fully saturated rings. The van der Waals surface area contributed by atoms with Crippen LogP contribution < -0.4 is 10.2 Å². The second-order valence-corrected chi connectivity index (χ2v) is 7.54. The van der Waals surface area contributed by atoms with Crippen LogP contribution in [-0.4, -0.2) is 26.2 Å². The molecule has 122 valence electrons. The molecular weight excluding hydrogens is 368 g/mol. The lowest BCUT2D eigenvalue weighted by atomic mass is 10.2. The Morgan fingerprint density at radius 1 is 1.09 bits per heavy atom. The minimum atomic E-state index is 0.913. The first kappa shape index (κ1) is 16.9. The second kappa shape index (κ2) is 8.22. The van der Waals surface area contributed by atoms with Gasteiger partial charge in [0.1, 0.15) is 0 Å². The molecule has 1 N–H and O–H groups in total. The first-order valence-corrected chi connectivity index (χ1v) is 10.1. The molecule has 0 aliphatic carbocycles. The Labute approximate surface area is 151 Å². The summed E-state index contributed by atoms with van der Waals surface area (Å²) < 4.78 is 0. The van der Waals surface area contributed by atoms with Crippen LogP contribution in [0.1, 0.15) is 17.5 Å². The third-order valence-electron chi connectivity index (χ3n) is 4.16. The smallest absolute Gasteiger partial charge is 0.0508 e. The van der Waals surface area contributed by atoms with Crippen molar-refractivity contribution in [3.8, 4) is 0 Å². The number of nitrogens with one attached hydrogen (secondary N) is 1. The zero-order valence-electron chi connectivity index (χ0n) is 13.5. The van der Waals surface area contributed by atoms with Crippen LogP contribution in [0.2, 0.25) is 0 Å². The molecule has 2 nitrogen and oxygen atoms in total.